The fourth-order valence-corrected chi connectivity index (χ4v) is 2.32. The Kier molecular flexibility index (Phi) is 4.52. The third-order valence-corrected chi connectivity index (χ3v) is 3.81. The van der Waals surface area contributed by atoms with Crippen LogP contribution in [0.4, 0.5) is 4.39 Å². The lowest BCUT2D eigenvalue weighted by atomic mass is 10.2. The first-order valence-electron chi connectivity index (χ1n) is 6.96. The lowest BCUT2D eigenvalue weighted by molar-refractivity contribution is 0.0945. The molecule has 0 unspecified atom stereocenters. The summed E-state index contributed by atoms with van der Waals surface area (Å²) < 4.78 is 15.5. The zero-order chi connectivity index (χ0) is 16.2. The van der Waals surface area contributed by atoms with Crippen molar-refractivity contribution in [3.05, 3.63) is 82.3 Å². The molecule has 4 nitrogen and oxygen atoms in total. The first-order chi connectivity index (χ1) is 11.1. The van der Waals surface area contributed by atoms with Gasteiger partial charge in [-0.1, -0.05) is 28.1 Å². The number of nitrogens with one attached hydrogen (secondary N) is 1. The van der Waals surface area contributed by atoms with Gasteiger partial charge in [0.15, 0.2) is 5.69 Å². The first kappa shape index (κ1) is 15.4. The van der Waals surface area contributed by atoms with Gasteiger partial charge in [-0.2, -0.15) is 5.10 Å². The number of benzene rings is 2. The lowest BCUT2D eigenvalue weighted by Gasteiger charge is -2.04. The van der Waals surface area contributed by atoms with E-state index in [1.54, 1.807) is 24.4 Å². The number of carbonyl (C=O) groups excluding carboxylic acids is 1. The summed E-state index contributed by atoms with van der Waals surface area (Å²) in [7, 11) is 0. The number of carbonyl (C=O) groups is 1. The van der Waals surface area contributed by atoms with E-state index in [1.807, 2.05) is 24.3 Å². The largest absolute Gasteiger partial charge is 0.347 e. The second kappa shape index (κ2) is 6.75. The molecule has 0 saturated heterocycles. The highest BCUT2D eigenvalue weighted by Crippen LogP contribution is 2.11. The highest BCUT2D eigenvalue weighted by atomic mass is 79.9. The number of halogens is 2. The minimum atomic E-state index is -0.312. The molecule has 0 aliphatic heterocycles. The zero-order valence-corrected chi connectivity index (χ0v) is 13.6. The van der Waals surface area contributed by atoms with Gasteiger partial charge in [0.05, 0.1) is 5.69 Å². The number of rotatable bonds is 4. The van der Waals surface area contributed by atoms with Crippen molar-refractivity contribution in [3.8, 4) is 5.69 Å². The van der Waals surface area contributed by atoms with E-state index in [2.05, 4.69) is 26.3 Å². The Morgan fingerprint density at radius 1 is 1.09 bits per heavy atom. The van der Waals surface area contributed by atoms with Gasteiger partial charge in [-0.3, -0.25) is 4.79 Å². The molecule has 2 aromatic carbocycles. The predicted octanol–water partition coefficient (Wildman–Crippen LogP) is 3.70. The van der Waals surface area contributed by atoms with Gasteiger partial charge in [-0.15, -0.1) is 0 Å². The second-order valence-corrected chi connectivity index (χ2v) is 5.85. The van der Waals surface area contributed by atoms with E-state index in [1.165, 1.54) is 16.8 Å². The van der Waals surface area contributed by atoms with E-state index in [9.17, 15) is 9.18 Å². The van der Waals surface area contributed by atoms with E-state index >= 15 is 0 Å². The smallest absolute Gasteiger partial charge is 0.272 e. The van der Waals surface area contributed by atoms with Crippen LogP contribution in [0.25, 0.3) is 5.69 Å². The summed E-state index contributed by atoms with van der Waals surface area (Å²) in [5, 5.41) is 7.03. The van der Waals surface area contributed by atoms with Crippen LogP contribution in [0, 0.1) is 5.82 Å². The van der Waals surface area contributed by atoms with Crippen LogP contribution in [0.1, 0.15) is 16.1 Å². The SMILES string of the molecule is O=C(NCc1ccc(Br)cc1)c1ccn(-c2ccc(F)cc2)n1. The van der Waals surface area contributed by atoms with Crippen molar-refractivity contribution in [1.82, 2.24) is 15.1 Å². The maximum atomic E-state index is 12.9. The molecule has 0 spiro atoms. The molecule has 0 radical (unpaired) electrons. The van der Waals surface area contributed by atoms with Crippen molar-refractivity contribution >= 4 is 21.8 Å². The van der Waals surface area contributed by atoms with Gasteiger partial charge in [0.1, 0.15) is 5.82 Å². The monoisotopic (exact) mass is 373 g/mol. The van der Waals surface area contributed by atoms with Crippen LogP contribution in [0.3, 0.4) is 0 Å². The Bertz CT molecular complexity index is 813. The Balaban J connectivity index is 1.66. The fourth-order valence-electron chi connectivity index (χ4n) is 2.06. The quantitative estimate of drug-likeness (QED) is 0.757. The summed E-state index contributed by atoms with van der Waals surface area (Å²) in [5.74, 6) is -0.567. The first-order valence-corrected chi connectivity index (χ1v) is 7.75. The van der Waals surface area contributed by atoms with E-state index in [0.29, 0.717) is 17.9 Å². The van der Waals surface area contributed by atoms with Crippen LogP contribution < -0.4 is 5.32 Å². The summed E-state index contributed by atoms with van der Waals surface area (Å²) in [6.07, 6.45) is 1.67. The molecule has 0 bridgehead atoms. The van der Waals surface area contributed by atoms with E-state index in [4.69, 9.17) is 0 Å². The van der Waals surface area contributed by atoms with Gasteiger partial charge >= 0.3 is 0 Å². The third kappa shape index (κ3) is 3.84. The van der Waals surface area contributed by atoms with Crippen LogP contribution in [0.5, 0.6) is 0 Å². The molecule has 6 heteroatoms. The highest BCUT2D eigenvalue weighted by molar-refractivity contribution is 9.10. The number of hydrogen-bond donors (Lipinski definition) is 1. The summed E-state index contributed by atoms with van der Waals surface area (Å²) in [5.41, 5.74) is 2.00. The van der Waals surface area contributed by atoms with Gasteiger partial charge in [-0.05, 0) is 48.0 Å². The second-order valence-electron chi connectivity index (χ2n) is 4.93. The van der Waals surface area contributed by atoms with Crippen molar-refractivity contribution in [2.75, 3.05) is 0 Å². The molecular weight excluding hydrogens is 361 g/mol. The van der Waals surface area contributed by atoms with Crippen LogP contribution in [-0.4, -0.2) is 15.7 Å². The summed E-state index contributed by atoms with van der Waals surface area (Å²) in [6.45, 7) is 0.426. The number of nitrogens with zero attached hydrogens (tertiary/aromatic N) is 2. The van der Waals surface area contributed by atoms with Crippen LogP contribution in [0.2, 0.25) is 0 Å². The number of amides is 1. The standard InChI is InChI=1S/C17H13BrFN3O/c18-13-3-1-12(2-4-13)11-20-17(23)16-9-10-22(21-16)15-7-5-14(19)6-8-15/h1-10H,11H2,(H,20,23). The molecule has 0 aliphatic rings. The molecule has 1 N–H and O–H groups in total. The minimum Gasteiger partial charge on any atom is -0.347 e. The average molecular weight is 374 g/mol. The van der Waals surface area contributed by atoms with Gasteiger partial charge < -0.3 is 5.32 Å². The molecule has 3 aromatic rings. The number of aromatic nitrogens is 2. The van der Waals surface area contributed by atoms with Crippen LogP contribution in [-0.2, 0) is 6.54 Å². The van der Waals surface area contributed by atoms with Crippen LogP contribution >= 0.6 is 15.9 Å². The Morgan fingerprint density at radius 3 is 2.48 bits per heavy atom. The lowest BCUT2D eigenvalue weighted by Crippen LogP contribution is -2.23. The van der Waals surface area contributed by atoms with Crippen LogP contribution in [0.15, 0.2) is 65.3 Å². The van der Waals surface area contributed by atoms with Crippen molar-refractivity contribution in [2.45, 2.75) is 6.54 Å². The normalized spacial score (nSPS) is 10.5. The molecule has 0 fully saturated rings. The average Bonchev–Trinajstić information content (AvgIpc) is 3.05. The molecule has 3 rings (SSSR count). The maximum Gasteiger partial charge on any atom is 0.272 e. The summed E-state index contributed by atoms with van der Waals surface area (Å²) >= 11 is 3.37. The fraction of sp³-hybridized carbons (Fsp3) is 0.0588. The Hall–Kier alpha value is -2.47. The molecule has 23 heavy (non-hydrogen) atoms. The molecule has 0 atom stereocenters. The zero-order valence-electron chi connectivity index (χ0n) is 12.0. The molecule has 0 saturated carbocycles. The van der Waals surface area contributed by atoms with E-state index in [-0.39, 0.29) is 11.7 Å². The highest BCUT2D eigenvalue weighted by Gasteiger charge is 2.10. The van der Waals surface area contributed by atoms with Crippen molar-refractivity contribution in [2.24, 2.45) is 0 Å². The topological polar surface area (TPSA) is 46.9 Å². The van der Waals surface area contributed by atoms with Gasteiger partial charge in [0.2, 0.25) is 0 Å². The molecule has 0 aliphatic carbocycles. The Labute approximate surface area is 141 Å². The van der Waals surface area contributed by atoms with Gasteiger partial charge in [-0.25, -0.2) is 9.07 Å². The summed E-state index contributed by atoms with van der Waals surface area (Å²) in [4.78, 5) is 12.1. The molecule has 116 valence electrons. The van der Waals surface area contributed by atoms with Gasteiger partial charge in [0.25, 0.3) is 5.91 Å². The van der Waals surface area contributed by atoms with Gasteiger partial charge in [0, 0.05) is 17.2 Å². The molecule has 1 heterocycles. The number of hydrogen-bond acceptors (Lipinski definition) is 2. The third-order valence-electron chi connectivity index (χ3n) is 3.28. The molecule has 1 amide bonds. The van der Waals surface area contributed by atoms with Crippen molar-refractivity contribution < 1.29 is 9.18 Å². The molecule has 1 aromatic heterocycles. The minimum absolute atomic E-state index is 0.256. The maximum absolute atomic E-state index is 12.9. The molecular formula is C17H13BrFN3O. The van der Waals surface area contributed by atoms with Crippen molar-refractivity contribution in [1.29, 1.82) is 0 Å². The van der Waals surface area contributed by atoms with Crippen molar-refractivity contribution in [3.63, 3.8) is 0 Å². The predicted molar refractivity (Wildman–Crippen MR) is 88.8 cm³/mol. The van der Waals surface area contributed by atoms with E-state index in [0.717, 1.165) is 10.0 Å². The van der Waals surface area contributed by atoms with E-state index < -0.39 is 0 Å². The Morgan fingerprint density at radius 2 is 1.78 bits per heavy atom. The summed E-state index contributed by atoms with van der Waals surface area (Å²) in [6, 6.07) is 15.2.